The number of hydrogen-bond donors (Lipinski definition) is 1. The molecular weight excluding hydrogens is 368 g/mol. The van der Waals surface area contributed by atoms with Gasteiger partial charge < -0.3 is 9.47 Å². The summed E-state index contributed by atoms with van der Waals surface area (Å²) in [5.74, 6) is 0. The third-order valence-electron chi connectivity index (χ3n) is 2.87. The van der Waals surface area contributed by atoms with Crippen molar-refractivity contribution >= 4 is 10.0 Å². The fraction of sp³-hybridized carbons (Fsp3) is 0.500. The first-order valence-electron chi connectivity index (χ1n) is 6.16. The molecule has 0 amide bonds. The Kier molecular flexibility index (Phi) is 6.25. The van der Waals surface area contributed by atoms with Crippen LogP contribution in [0.25, 0.3) is 0 Å². The highest BCUT2D eigenvalue weighted by Crippen LogP contribution is 2.38. The molecule has 1 aromatic carbocycles. The van der Waals surface area contributed by atoms with Gasteiger partial charge in [0.1, 0.15) is 0 Å². The van der Waals surface area contributed by atoms with Gasteiger partial charge in [0, 0.05) is 14.2 Å². The molecule has 24 heavy (non-hydrogen) atoms. The molecule has 0 fully saturated rings. The topological polar surface area (TPSA) is 64.6 Å². The third kappa shape index (κ3) is 5.06. The van der Waals surface area contributed by atoms with E-state index in [1.165, 1.54) is 0 Å². The van der Waals surface area contributed by atoms with E-state index < -0.39 is 51.2 Å². The van der Waals surface area contributed by atoms with Crippen LogP contribution in [0.1, 0.15) is 11.1 Å². The molecule has 0 aliphatic carbocycles. The molecule has 5 nitrogen and oxygen atoms in total. The van der Waals surface area contributed by atoms with Crippen LogP contribution in [0.5, 0.6) is 0 Å². The number of alkyl halides is 6. The molecule has 1 N–H and O–H groups in total. The van der Waals surface area contributed by atoms with Gasteiger partial charge in [-0.25, -0.2) is 13.1 Å². The number of nitrogens with one attached hydrogen (secondary N) is 1. The predicted molar refractivity (Wildman–Crippen MR) is 69.4 cm³/mol. The quantitative estimate of drug-likeness (QED) is 0.608. The molecule has 0 saturated carbocycles. The minimum absolute atomic E-state index is 0.0697. The van der Waals surface area contributed by atoms with Crippen molar-refractivity contribution in [3.05, 3.63) is 29.3 Å². The molecule has 0 atom stereocenters. The summed E-state index contributed by atoms with van der Waals surface area (Å²) in [5, 5.41) is 0. The first-order chi connectivity index (χ1) is 10.8. The lowest BCUT2D eigenvalue weighted by molar-refractivity contribution is -0.143. The molecule has 12 heteroatoms. The maximum Gasteiger partial charge on any atom is 0.417 e. The minimum atomic E-state index is -5.16. The normalized spacial score (nSPS) is 13.5. The van der Waals surface area contributed by atoms with E-state index in [1.807, 2.05) is 0 Å². The molecule has 1 rings (SSSR count). The lowest BCUT2D eigenvalue weighted by Gasteiger charge is -2.18. The van der Waals surface area contributed by atoms with Crippen LogP contribution in [0.2, 0.25) is 0 Å². The van der Waals surface area contributed by atoms with Crippen molar-refractivity contribution in [1.29, 1.82) is 0 Å². The lowest BCUT2D eigenvalue weighted by Crippen LogP contribution is -2.35. The second-order valence-electron chi connectivity index (χ2n) is 4.46. The number of ether oxygens (including phenoxy) is 2. The molecule has 0 bridgehead atoms. The summed E-state index contributed by atoms with van der Waals surface area (Å²) in [7, 11) is -2.61. The standard InChI is InChI=1S/C12H13F6NO4S/c1-22-10(23-2)6-19-24(20,21)9-5-7(11(13,14)15)3-4-8(9)12(16,17)18/h3-5,10,19H,6H2,1-2H3. The Hall–Kier alpha value is -1.37. The number of benzene rings is 1. The average molecular weight is 381 g/mol. The first-order valence-corrected chi connectivity index (χ1v) is 7.65. The van der Waals surface area contributed by atoms with Crippen molar-refractivity contribution in [1.82, 2.24) is 4.72 Å². The van der Waals surface area contributed by atoms with Gasteiger partial charge in [-0.15, -0.1) is 0 Å². The Balaban J connectivity index is 3.36. The summed E-state index contributed by atoms with van der Waals surface area (Å²) in [6.45, 7) is -0.594. The highest BCUT2D eigenvalue weighted by molar-refractivity contribution is 7.89. The summed E-state index contributed by atoms with van der Waals surface area (Å²) < 4.78 is 112. The summed E-state index contributed by atoms with van der Waals surface area (Å²) >= 11 is 0. The molecule has 0 heterocycles. The molecule has 0 aliphatic heterocycles. The van der Waals surface area contributed by atoms with Gasteiger partial charge in [0.2, 0.25) is 10.0 Å². The van der Waals surface area contributed by atoms with Gasteiger partial charge in [-0.2, -0.15) is 26.3 Å². The van der Waals surface area contributed by atoms with Crippen molar-refractivity contribution in [2.24, 2.45) is 0 Å². The van der Waals surface area contributed by atoms with Crippen LogP contribution < -0.4 is 4.72 Å². The maximum absolute atomic E-state index is 12.9. The van der Waals surface area contributed by atoms with Gasteiger partial charge in [-0.1, -0.05) is 0 Å². The highest BCUT2D eigenvalue weighted by atomic mass is 32.2. The summed E-state index contributed by atoms with van der Waals surface area (Å²) in [5.41, 5.74) is -3.24. The molecule has 0 saturated heterocycles. The van der Waals surface area contributed by atoms with Crippen LogP contribution in [0, 0.1) is 0 Å². The molecule has 0 aliphatic rings. The Labute approximate surface area is 133 Å². The molecule has 0 spiro atoms. The molecule has 1 aromatic rings. The Morgan fingerprint density at radius 2 is 1.58 bits per heavy atom. The Bertz CT molecular complexity index is 667. The predicted octanol–water partition coefficient (Wildman–Crippen LogP) is 2.62. The molecule has 0 unspecified atom stereocenters. The van der Waals surface area contributed by atoms with E-state index in [2.05, 4.69) is 9.47 Å². The van der Waals surface area contributed by atoms with Crippen molar-refractivity contribution < 1.29 is 44.2 Å². The van der Waals surface area contributed by atoms with E-state index in [0.717, 1.165) is 14.2 Å². The van der Waals surface area contributed by atoms with Gasteiger partial charge in [0.15, 0.2) is 6.29 Å². The van der Waals surface area contributed by atoms with Crippen LogP contribution in [0.15, 0.2) is 23.1 Å². The summed E-state index contributed by atoms with van der Waals surface area (Å²) in [4.78, 5) is -1.53. The highest BCUT2D eigenvalue weighted by Gasteiger charge is 2.40. The number of sulfonamides is 1. The van der Waals surface area contributed by atoms with Gasteiger partial charge >= 0.3 is 12.4 Å². The Morgan fingerprint density at radius 1 is 1.04 bits per heavy atom. The van der Waals surface area contributed by atoms with E-state index in [-0.39, 0.29) is 18.2 Å². The third-order valence-corrected chi connectivity index (χ3v) is 4.33. The van der Waals surface area contributed by atoms with E-state index in [4.69, 9.17) is 0 Å². The SMILES string of the molecule is COC(CNS(=O)(=O)c1cc(C(F)(F)F)ccc1C(F)(F)F)OC. The number of halogens is 6. The van der Waals surface area contributed by atoms with Crippen LogP contribution in [-0.4, -0.2) is 35.5 Å². The van der Waals surface area contributed by atoms with E-state index in [9.17, 15) is 34.8 Å². The molecular formula is C12H13F6NO4S. The van der Waals surface area contributed by atoms with Gasteiger partial charge in [0.05, 0.1) is 22.6 Å². The average Bonchev–Trinajstić information content (AvgIpc) is 2.45. The number of rotatable bonds is 6. The first kappa shape index (κ1) is 20.7. The largest absolute Gasteiger partial charge is 0.417 e. The maximum atomic E-state index is 12.9. The van der Waals surface area contributed by atoms with E-state index in [1.54, 1.807) is 4.72 Å². The zero-order chi connectivity index (χ0) is 18.8. The van der Waals surface area contributed by atoms with E-state index in [0.29, 0.717) is 0 Å². The van der Waals surface area contributed by atoms with Gasteiger partial charge in [-0.05, 0) is 18.2 Å². The summed E-state index contributed by atoms with van der Waals surface area (Å²) in [6.07, 6.45) is -11.3. The van der Waals surface area contributed by atoms with E-state index >= 15 is 0 Å². The molecule has 138 valence electrons. The monoisotopic (exact) mass is 381 g/mol. The van der Waals surface area contributed by atoms with Crippen molar-refractivity contribution in [2.75, 3.05) is 20.8 Å². The summed E-state index contributed by atoms with van der Waals surface area (Å²) in [6, 6.07) is 0.163. The second kappa shape index (κ2) is 7.25. The van der Waals surface area contributed by atoms with Crippen LogP contribution in [-0.2, 0) is 31.8 Å². The lowest BCUT2D eigenvalue weighted by atomic mass is 10.1. The second-order valence-corrected chi connectivity index (χ2v) is 6.19. The molecule has 0 aromatic heterocycles. The van der Waals surface area contributed by atoms with Crippen LogP contribution in [0.4, 0.5) is 26.3 Å². The van der Waals surface area contributed by atoms with Gasteiger partial charge in [0.25, 0.3) is 0 Å². The van der Waals surface area contributed by atoms with Crippen molar-refractivity contribution in [3.63, 3.8) is 0 Å². The fourth-order valence-corrected chi connectivity index (χ4v) is 2.94. The van der Waals surface area contributed by atoms with Gasteiger partial charge in [-0.3, -0.25) is 0 Å². The molecule has 0 radical (unpaired) electrons. The van der Waals surface area contributed by atoms with Crippen molar-refractivity contribution in [3.8, 4) is 0 Å². The minimum Gasteiger partial charge on any atom is -0.355 e. The number of methoxy groups -OCH3 is 2. The van der Waals surface area contributed by atoms with Crippen LogP contribution in [0.3, 0.4) is 0 Å². The fourth-order valence-electron chi connectivity index (χ4n) is 1.67. The van der Waals surface area contributed by atoms with Crippen LogP contribution >= 0.6 is 0 Å². The van der Waals surface area contributed by atoms with Crippen molar-refractivity contribution in [2.45, 2.75) is 23.5 Å². The smallest absolute Gasteiger partial charge is 0.355 e. The Morgan fingerprint density at radius 3 is 2.00 bits per heavy atom. The zero-order valence-electron chi connectivity index (χ0n) is 12.3. The number of hydrogen-bond acceptors (Lipinski definition) is 4. The zero-order valence-corrected chi connectivity index (χ0v) is 13.1.